The lowest BCUT2D eigenvalue weighted by Gasteiger charge is -2.39. The van der Waals surface area contributed by atoms with Gasteiger partial charge in [0.2, 0.25) is 0 Å². The molecule has 0 aliphatic carbocycles. The fraction of sp³-hybridized carbons (Fsp3) is 0.423. The number of benzene rings is 1. The highest BCUT2D eigenvalue weighted by atomic mass is 32.1. The number of aliphatic hydroxyl groups is 2. The zero-order valence-corrected chi connectivity index (χ0v) is 22.2. The maximum Gasteiger partial charge on any atom is 0.251 e. The predicted molar refractivity (Wildman–Crippen MR) is 141 cm³/mol. The first-order valence-corrected chi connectivity index (χ1v) is 13.4. The van der Waals surface area contributed by atoms with Crippen LogP contribution in [0.25, 0.3) is 33.2 Å². The Bertz CT molecular complexity index is 1490. The van der Waals surface area contributed by atoms with Gasteiger partial charge in [0.05, 0.1) is 36.7 Å². The number of amides is 1. The van der Waals surface area contributed by atoms with Crippen LogP contribution in [0.15, 0.2) is 36.9 Å². The molecule has 4 aromatic rings. The van der Waals surface area contributed by atoms with Crippen LogP contribution in [-0.4, -0.2) is 82.0 Å². The highest BCUT2D eigenvalue weighted by Gasteiger charge is 2.36. The number of aliphatic hydroxyl groups excluding tert-OH is 1. The van der Waals surface area contributed by atoms with E-state index in [1.807, 2.05) is 29.1 Å². The molecule has 1 amide bonds. The van der Waals surface area contributed by atoms with Crippen molar-refractivity contribution < 1.29 is 19.7 Å². The lowest BCUT2D eigenvalue weighted by Crippen LogP contribution is -2.53. The van der Waals surface area contributed by atoms with Gasteiger partial charge in [-0.1, -0.05) is 6.07 Å². The van der Waals surface area contributed by atoms with E-state index in [4.69, 9.17) is 9.72 Å². The van der Waals surface area contributed by atoms with Gasteiger partial charge < -0.3 is 19.8 Å². The zero-order chi connectivity index (χ0) is 26.6. The van der Waals surface area contributed by atoms with Crippen molar-refractivity contribution in [3.05, 3.63) is 41.8 Å². The van der Waals surface area contributed by atoms with Crippen LogP contribution in [-0.2, 0) is 17.8 Å². The Hall–Kier alpha value is -3.61. The molecule has 12 heteroatoms. The molecule has 5 heterocycles. The molecular formula is C26H29N7O4S. The summed E-state index contributed by atoms with van der Waals surface area (Å²) in [7, 11) is 0. The van der Waals surface area contributed by atoms with Crippen LogP contribution in [0, 0.1) is 0 Å². The second kappa shape index (κ2) is 9.29. The first-order chi connectivity index (χ1) is 18.2. The van der Waals surface area contributed by atoms with Crippen molar-refractivity contribution in [2.45, 2.75) is 51.5 Å². The van der Waals surface area contributed by atoms with E-state index in [-0.39, 0.29) is 11.9 Å². The summed E-state index contributed by atoms with van der Waals surface area (Å²) in [6.07, 6.45) is 4.95. The van der Waals surface area contributed by atoms with Crippen LogP contribution < -0.4 is 4.74 Å². The van der Waals surface area contributed by atoms with E-state index < -0.39 is 11.7 Å². The number of carbonyl (C=O) groups excluding carboxylic acids is 1. The molecule has 0 radical (unpaired) electrons. The molecule has 198 valence electrons. The van der Waals surface area contributed by atoms with E-state index in [0.29, 0.717) is 32.1 Å². The number of thiazole rings is 1. The van der Waals surface area contributed by atoms with E-state index in [2.05, 4.69) is 15.2 Å². The molecule has 38 heavy (non-hydrogen) atoms. The molecule has 1 aromatic carbocycles. The van der Waals surface area contributed by atoms with Crippen LogP contribution >= 0.6 is 11.3 Å². The van der Waals surface area contributed by atoms with Crippen LogP contribution in [0.1, 0.15) is 31.7 Å². The summed E-state index contributed by atoms with van der Waals surface area (Å²) in [6.45, 7) is 6.90. The fourth-order valence-electron chi connectivity index (χ4n) is 4.82. The number of rotatable bonds is 6. The van der Waals surface area contributed by atoms with Crippen molar-refractivity contribution in [3.63, 3.8) is 0 Å². The normalized spacial score (nSPS) is 16.3. The van der Waals surface area contributed by atoms with Crippen molar-refractivity contribution in [1.29, 1.82) is 0 Å². The number of carbonyl (C=O) groups is 1. The summed E-state index contributed by atoms with van der Waals surface area (Å²) in [5, 5.41) is 29.2. The van der Waals surface area contributed by atoms with Gasteiger partial charge in [-0.2, -0.15) is 10.2 Å². The quantitative estimate of drug-likeness (QED) is 0.385. The highest BCUT2D eigenvalue weighted by molar-refractivity contribution is 7.15. The Morgan fingerprint density at radius 1 is 1.26 bits per heavy atom. The number of hydrogen-bond donors (Lipinski definition) is 2. The average Bonchev–Trinajstić information content (AvgIpc) is 3.55. The summed E-state index contributed by atoms with van der Waals surface area (Å²) >= 11 is 1.59. The molecule has 0 bridgehead atoms. The molecule has 1 fully saturated rings. The van der Waals surface area contributed by atoms with Gasteiger partial charge in [0.15, 0.2) is 10.8 Å². The predicted octanol–water partition coefficient (Wildman–Crippen LogP) is 2.40. The van der Waals surface area contributed by atoms with Gasteiger partial charge in [0.25, 0.3) is 5.91 Å². The van der Waals surface area contributed by atoms with Crippen molar-refractivity contribution in [2.75, 3.05) is 19.7 Å². The topological polar surface area (TPSA) is 131 Å². The summed E-state index contributed by atoms with van der Waals surface area (Å²) in [5.41, 5.74) is 2.88. The molecular weight excluding hydrogens is 506 g/mol. The first kappa shape index (κ1) is 24.7. The lowest BCUT2D eigenvalue weighted by atomic mass is 10.0. The fourth-order valence-corrected chi connectivity index (χ4v) is 5.86. The van der Waals surface area contributed by atoms with Gasteiger partial charge in [-0.3, -0.25) is 9.48 Å². The molecule has 2 N–H and O–H groups in total. The number of ether oxygens (including phenoxy) is 1. The third-order valence-corrected chi connectivity index (χ3v) is 7.79. The molecule has 1 unspecified atom stereocenters. The second-order valence-corrected chi connectivity index (χ2v) is 11.5. The van der Waals surface area contributed by atoms with Gasteiger partial charge in [-0.25, -0.2) is 14.6 Å². The van der Waals surface area contributed by atoms with Crippen LogP contribution in [0.5, 0.6) is 5.75 Å². The Morgan fingerprint density at radius 2 is 2.08 bits per heavy atom. The van der Waals surface area contributed by atoms with Crippen molar-refractivity contribution in [2.24, 2.45) is 0 Å². The SMILES string of the molecule is CC(O)C(=O)N1CC(n2ncnc2-c2nc3c(s2)CCOc2cc(-c4cnn(CC(C)(C)O)c4)ccc2-3)C1. The molecule has 11 nitrogen and oxygen atoms in total. The van der Waals surface area contributed by atoms with Gasteiger partial charge >= 0.3 is 0 Å². The Kier molecular flexibility index (Phi) is 6.04. The molecule has 6 rings (SSSR count). The Morgan fingerprint density at radius 3 is 2.84 bits per heavy atom. The van der Waals surface area contributed by atoms with Crippen molar-refractivity contribution in [3.8, 4) is 39.0 Å². The first-order valence-electron chi connectivity index (χ1n) is 12.5. The Balaban J connectivity index is 1.26. The van der Waals surface area contributed by atoms with Gasteiger partial charge in [-0.15, -0.1) is 11.3 Å². The van der Waals surface area contributed by atoms with Crippen LogP contribution in [0.2, 0.25) is 0 Å². The minimum Gasteiger partial charge on any atom is -0.492 e. The van der Waals surface area contributed by atoms with E-state index in [9.17, 15) is 15.0 Å². The van der Waals surface area contributed by atoms with E-state index >= 15 is 0 Å². The smallest absolute Gasteiger partial charge is 0.251 e. The molecule has 1 saturated heterocycles. The highest BCUT2D eigenvalue weighted by Crippen LogP contribution is 2.42. The Labute approximate surface area is 223 Å². The summed E-state index contributed by atoms with van der Waals surface area (Å²) in [6, 6.07) is 6.07. The monoisotopic (exact) mass is 535 g/mol. The van der Waals surface area contributed by atoms with Gasteiger partial charge in [-0.05, 0) is 38.5 Å². The van der Waals surface area contributed by atoms with Crippen molar-refractivity contribution in [1.82, 2.24) is 34.4 Å². The van der Waals surface area contributed by atoms with E-state index in [1.54, 1.807) is 41.0 Å². The molecule has 3 aromatic heterocycles. The maximum atomic E-state index is 12.0. The lowest BCUT2D eigenvalue weighted by molar-refractivity contribution is -0.145. The summed E-state index contributed by atoms with van der Waals surface area (Å²) < 4.78 is 9.69. The van der Waals surface area contributed by atoms with Crippen LogP contribution in [0.4, 0.5) is 0 Å². The van der Waals surface area contributed by atoms with Crippen LogP contribution in [0.3, 0.4) is 0 Å². The minimum atomic E-state index is -1.01. The minimum absolute atomic E-state index is 0.00518. The van der Waals surface area contributed by atoms with Gasteiger partial charge in [0.1, 0.15) is 18.2 Å². The number of hydrogen-bond acceptors (Lipinski definition) is 9. The zero-order valence-electron chi connectivity index (χ0n) is 21.4. The number of aromatic nitrogens is 6. The molecule has 0 saturated carbocycles. The largest absolute Gasteiger partial charge is 0.492 e. The molecule has 0 spiro atoms. The number of likely N-dealkylation sites (tertiary alicyclic amines) is 1. The maximum absolute atomic E-state index is 12.0. The third-order valence-electron chi connectivity index (χ3n) is 6.68. The second-order valence-electron chi connectivity index (χ2n) is 10.4. The van der Waals surface area contributed by atoms with E-state index in [1.165, 1.54) is 13.3 Å². The summed E-state index contributed by atoms with van der Waals surface area (Å²) in [5.74, 6) is 1.17. The standard InChI is InChI=1S/C26H29N7O4S/c1-15(34)25(35)31-11-18(12-31)33-23(27-14-29-33)24-30-22-19-5-4-16(8-20(19)37-7-6-21(22)38-24)17-9-28-32(10-17)13-26(2,3)36/h4-5,8-10,14-15,18,34,36H,6-7,11-13H2,1-3H3. The molecule has 2 aliphatic rings. The summed E-state index contributed by atoms with van der Waals surface area (Å²) in [4.78, 5) is 24.3. The molecule has 2 aliphatic heterocycles. The third kappa shape index (κ3) is 4.59. The van der Waals surface area contributed by atoms with Crippen molar-refractivity contribution >= 4 is 17.2 Å². The van der Waals surface area contributed by atoms with E-state index in [0.717, 1.165) is 44.4 Å². The average molecular weight is 536 g/mol. The molecule has 1 atom stereocenters. The number of nitrogens with zero attached hydrogens (tertiary/aromatic N) is 7. The van der Waals surface area contributed by atoms with Gasteiger partial charge in [0, 0.05) is 41.7 Å². The number of fused-ring (bicyclic) bond motifs is 3.